The van der Waals surface area contributed by atoms with Crippen LogP contribution in [0, 0.1) is 11.3 Å². The van der Waals surface area contributed by atoms with Gasteiger partial charge in [0.2, 0.25) is 0 Å². The first kappa shape index (κ1) is 17.4. The first-order valence-electron chi connectivity index (χ1n) is 7.33. The fraction of sp³-hybridized carbons (Fsp3) is 0.167. The normalized spacial score (nSPS) is 10.3. The van der Waals surface area contributed by atoms with Crippen molar-refractivity contribution < 1.29 is 14.3 Å². The molecule has 5 nitrogen and oxygen atoms in total. The highest BCUT2D eigenvalue weighted by molar-refractivity contribution is 7.16. The molecule has 2 aromatic rings. The molecule has 1 N–H and O–H groups in total. The van der Waals surface area contributed by atoms with Gasteiger partial charge in [0.05, 0.1) is 12.5 Å². The Labute approximate surface area is 144 Å². The van der Waals surface area contributed by atoms with Crippen molar-refractivity contribution in [2.24, 2.45) is 0 Å². The van der Waals surface area contributed by atoms with E-state index in [9.17, 15) is 9.59 Å². The molecule has 0 saturated carbocycles. The molecule has 0 spiro atoms. The van der Waals surface area contributed by atoms with Gasteiger partial charge in [-0.05, 0) is 23.8 Å². The molecule has 1 amide bonds. The van der Waals surface area contributed by atoms with E-state index in [0.29, 0.717) is 0 Å². The van der Waals surface area contributed by atoms with E-state index in [1.165, 1.54) is 6.08 Å². The van der Waals surface area contributed by atoms with Crippen molar-refractivity contribution in [3.05, 3.63) is 53.4 Å². The minimum atomic E-state index is -0.583. The van der Waals surface area contributed by atoms with E-state index in [1.807, 2.05) is 48.5 Å². The number of ether oxygens (including phenoxy) is 1. The predicted octanol–water partition coefficient (Wildman–Crippen LogP) is 3.00. The zero-order valence-electron chi connectivity index (χ0n) is 12.9. The number of carbonyl (C=O) groups excluding carboxylic acids is 2. The zero-order chi connectivity index (χ0) is 17.2. The fourth-order valence-electron chi connectivity index (χ4n) is 1.84. The number of hydrogen-bond acceptors (Lipinski definition) is 5. The second-order valence-corrected chi connectivity index (χ2v) is 5.88. The number of amides is 1. The van der Waals surface area contributed by atoms with Crippen LogP contribution in [-0.2, 0) is 14.3 Å². The number of carbonyl (C=O) groups is 2. The Kier molecular flexibility index (Phi) is 6.74. The molecule has 0 fully saturated rings. The quantitative estimate of drug-likeness (QED) is 0.477. The Morgan fingerprint density at radius 1 is 1.21 bits per heavy atom. The van der Waals surface area contributed by atoms with E-state index in [2.05, 4.69) is 5.32 Å². The van der Waals surface area contributed by atoms with Gasteiger partial charge >= 0.3 is 5.97 Å². The molecule has 6 heteroatoms. The second-order valence-electron chi connectivity index (χ2n) is 4.77. The van der Waals surface area contributed by atoms with Crippen LogP contribution in [-0.4, -0.2) is 25.0 Å². The van der Waals surface area contributed by atoms with Crippen LogP contribution in [0.25, 0.3) is 16.5 Å². The van der Waals surface area contributed by atoms with Crippen LogP contribution in [0.1, 0.15) is 11.3 Å². The summed E-state index contributed by atoms with van der Waals surface area (Å²) in [6.45, 7) is -0.103. The largest absolute Gasteiger partial charge is 0.452 e. The van der Waals surface area contributed by atoms with Gasteiger partial charge in [-0.15, -0.1) is 11.3 Å². The summed E-state index contributed by atoms with van der Waals surface area (Å²) < 4.78 is 4.83. The monoisotopic (exact) mass is 340 g/mol. The second kappa shape index (κ2) is 9.28. The molecule has 0 radical (unpaired) electrons. The topological polar surface area (TPSA) is 79.2 Å². The highest BCUT2D eigenvalue weighted by Crippen LogP contribution is 2.28. The molecule has 0 unspecified atom stereocenters. The van der Waals surface area contributed by atoms with Crippen LogP contribution < -0.4 is 5.32 Å². The van der Waals surface area contributed by atoms with Crippen LogP contribution in [0.15, 0.2) is 48.5 Å². The lowest BCUT2D eigenvalue weighted by molar-refractivity contribution is -0.143. The van der Waals surface area contributed by atoms with E-state index < -0.39 is 11.9 Å². The average Bonchev–Trinajstić information content (AvgIpc) is 3.08. The van der Waals surface area contributed by atoms with Gasteiger partial charge in [-0.25, -0.2) is 4.79 Å². The lowest BCUT2D eigenvalue weighted by Crippen LogP contribution is -2.29. The molecule has 0 aliphatic rings. The van der Waals surface area contributed by atoms with Crippen molar-refractivity contribution in [1.29, 1.82) is 5.26 Å². The van der Waals surface area contributed by atoms with Crippen LogP contribution in [0.3, 0.4) is 0 Å². The summed E-state index contributed by atoms with van der Waals surface area (Å²) >= 11 is 1.56. The maximum atomic E-state index is 11.6. The van der Waals surface area contributed by atoms with Crippen molar-refractivity contribution in [1.82, 2.24) is 5.32 Å². The van der Waals surface area contributed by atoms with Gasteiger partial charge in [0.15, 0.2) is 6.61 Å². The van der Waals surface area contributed by atoms with Crippen LogP contribution >= 0.6 is 11.3 Å². The Hall–Kier alpha value is -2.91. The molecule has 1 aromatic carbocycles. The number of rotatable bonds is 7. The summed E-state index contributed by atoms with van der Waals surface area (Å²) in [4.78, 5) is 25.0. The standard InChI is InChI=1S/C18H16N2O3S/c19-11-4-12-20-17(21)13-23-18(22)10-8-15-7-9-16(24-15)14-5-2-1-3-6-14/h1-3,5-10H,4,12-13H2,(H,20,21)/b10-8+. The molecule has 24 heavy (non-hydrogen) atoms. The minimum absolute atomic E-state index is 0.224. The minimum Gasteiger partial charge on any atom is -0.452 e. The molecule has 2 rings (SSSR count). The molecular formula is C18H16N2O3S. The average molecular weight is 340 g/mol. The highest BCUT2D eigenvalue weighted by atomic mass is 32.1. The van der Waals surface area contributed by atoms with Crippen molar-refractivity contribution in [3.63, 3.8) is 0 Å². The predicted molar refractivity (Wildman–Crippen MR) is 93.0 cm³/mol. The maximum Gasteiger partial charge on any atom is 0.331 e. The maximum absolute atomic E-state index is 11.6. The van der Waals surface area contributed by atoms with Gasteiger partial charge in [-0.3, -0.25) is 4.79 Å². The van der Waals surface area contributed by atoms with Gasteiger partial charge in [0.25, 0.3) is 5.91 Å². The molecule has 1 heterocycles. The molecule has 1 aromatic heterocycles. The molecule has 122 valence electrons. The Morgan fingerprint density at radius 2 is 2.00 bits per heavy atom. The molecule has 0 aliphatic heterocycles. The van der Waals surface area contributed by atoms with E-state index in [4.69, 9.17) is 10.00 Å². The summed E-state index contributed by atoms with van der Waals surface area (Å²) in [6, 6.07) is 15.8. The lowest BCUT2D eigenvalue weighted by Gasteiger charge is -2.02. The van der Waals surface area contributed by atoms with Crippen molar-refractivity contribution in [3.8, 4) is 16.5 Å². The van der Waals surface area contributed by atoms with Gasteiger partial charge < -0.3 is 10.1 Å². The van der Waals surface area contributed by atoms with Gasteiger partial charge in [-0.2, -0.15) is 5.26 Å². The fourth-order valence-corrected chi connectivity index (χ4v) is 2.76. The Morgan fingerprint density at radius 3 is 2.75 bits per heavy atom. The van der Waals surface area contributed by atoms with Crippen LogP contribution in [0.5, 0.6) is 0 Å². The summed E-state index contributed by atoms with van der Waals surface area (Å²) in [6.07, 6.45) is 3.18. The number of nitrogens with zero attached hydrogens (tertiary/aromatic N) is 1. The molecule has 0 aliphatic carbocycles. The van der Waals surface area contributed by atoms with Gasteiger partial charge in [-0.1, -0.05) is 30.3 Å². The Balaban J connectivity index is 1.81. The third-order valence-corrected chi connectivity index (χ3v) is 4.07. The van der Waals surface area contributed by atoms with E-state index in [1.54, 1.807) is 17.4 Å². The smallest absolute Gasteiger partial charge is 0.331 e. The van der Waals surface area contributed by atoms with Crippen molar-refractivity contribution in [2.75, 3.05) is 13.2 Å². The third kappa shape index (κ3) is 5.71. The summed E-state index contributed by atoms with van der Waals surface area (Å²) in [5.41, 5.74) is 1.12. The summed E-state index contributed by atoms with van der Waals surface area (Å²) in [5, 5.41) is 10.8. The summed E-state index contributed by atoms with van der Waals surface area (Å²) in [5.74, 6) is -1.01. The third-order valence-electron chi connectivity index (χ3n) is 2.97. The van der Waals surface area contributed by atoms with Crippen molar-refractivity contribution >= 4 is 29.3 Å². The molecule has 0 atom stereocenters. The van der Waals surface area contributed by atoms with E-state index >= 15 is 0 Å². The first-order valence-corrected chi connectivity index (χ1v) is 8.14. The number of benzene rings is 1. The highest BCUT2D eigenvalue weighted by Gasteiger charge is 2.05. The number of nitriles is 1. The SMILES string of the molecule is N#CCCNC(=O)COC(=O)/C=C/c1ccc(-c2ccccc2)s1. The number of esters is 1. The first-order chi connectivity index (χ1) is 11.7. The lowest BCUT2D eigenvalue weighted by atomic mass is 10.2. The van der Waals surface area contributed by atoms with Gasteiger partial charge in [0, 0.05) is 22.4 Å². The molecule has 0 saturated heterocycles. The number of thiophene rings is 1. The van der Waals surface area contributed by atoms with Crippen LogP contribution in [0.4, 0.5) is 0 Å². The number of nitrogens with one attached hydrogen (secondary N) is 1. The summed E-state index contributed by atoms with van der Waals surface area (Å²) in [7, 11) is 0. The van der Waals surface area contributed by atoms with Crippen molar-refractivity contribution in [2.45, 2.75) is 6.42 Å². The number of hydrogen-bond donors (Lipinski definition) is 1. The van der Waals surface area contributed by atoms with Gasteiger partial charge in [0.1, 0.15) is 0 Å². The van der Waals surface area contributed by atoms with E-state index in [-0.39, 0.29) is 19.6 Å². The zero-order valence-corrected chi connectivity index (χ0v) is 13.7. The van der Waals surface area contributed by atoms with E-state index in [0.717, 1.165) is 15.3 Å². The molecule has 0 bridgehead atoms. The Bertz CT molecular complexity index is 760. The van der Waals surface area contributed by atoms with Crippen LogP contribution in [0.2, 0.25) is 0 Å². The molecular weight excluding hydrogens is 324 g/mol.